The second-order valence-corrected chi connectivity index (χ2v) is 8.99. The first-order valence-electron chi connectivity index (χ1n) is 8.97. The van der Waals surface area contributed by atoms with E-state index < -0.39 is 10.0 Å². The van der Waals surface area contributed by atoms with E-state index in [2.05, 4.69) is 4.72 Å². The van der Waals surface area contributed by atoms with Crippen molar-refractivity contribution in [1.29, 1.82) is 0 Å². The fourth-order valence-electron chi connectivity index (χ4n) is 3.14. The molecule has 2 aromatic carbocycles. The van der Waals surface area contributed by atoms with Gasteiger partial charge in [-0.25, -0.2) is 8.42 Å². The lowest BCUT2D eigenvalue weighted by atomic mass is 10.1. The molecule has 0 radical (unpaired) electrons. The summed E-state index contributed by atoms with van der Waals surface area (Å²) in [5.74, 6) is -0.109. The number of likely N-dealkylation sites (tertiary alicyclic amines) is 1. The molecule has 0 aromatic heterocycles. The van der Waals surface area contributed by atoms with Gasteiger partial charge in [0.05, 0.1) is 10.6 Å². The van der Waals surface area contributed by atoms with Gasteiger partial charge in [0.15, 0.2) is 0 Å². The third-order valence-electron chi connectivity index (χ3n) is 4.82. The predicted molar refractivity (Wildman–Crippen MR) is 108 cm³/mol. The van der Waals surface area contributed by atoms with Gasteiger partial charge >= 0.3 is 0 Å². The molecule has 0 unspecified atom stereocenters. The second kappa shape index (κ2) is 7.90. The summed E-state index contributed by atoms with van der Waals surface area (Å²) in [5.41, 5.74) is 2.45. The number of nitrogens with zero attached hydrogens (tertiary/aromatic N) is 1. The highest BCUT2D eigenvalue weighted by Gasteiger charge is 2.23. The van der Waals surface area contributed by atoms with Gasteiger partial charge in [-0.05, 0) is 68.5 Å². The first-order chi connectivity index (χ1) is 12.8. The molecule has 0 saturated carbocycles. The Bertz CT molecular complexity index is 967. The van der Waals surface area contributed by atoms with Crippen LogP contribution in [0, 0.1) is 13.8 Å². The summed E-state index contributed by atoms with van der Waals surface area (Å²) in [7, 11) is -3.83. The molecule has 1 saturated heterocycles. The number of aryl methyl sites for hydroxylation is 2. The Kier molecular flexibility index (Phi) is 5.77. The number of rotatable bonds is 4. The van der Waals surface area contributed by atoms with Crippen molar-refractivity contribution in [1.82, 2.24) is 4.90 Å². The maximum Gasteiger partial charge on any atom is 0.261 e. The topological polar surface area (TPSA) is 66.5 Å². The molecular formula is C20H23ClN2O3S. The summed E-state index contributed by atoms with van der Waals surface area (Å²) >= 11 is 6.08. The van der Waals surface area contributed by atoms with Gasteiger partial charge in [-0.2, -0.15) is 0 Å². The van der Waals surface area contributed by atoms with E-state index in [4.69, 9.17) is 11.6 Å². The predicted octanol–water partition coefficient (Wildman–Crippen LogP) is 4.38. The number of nitrogens with one attached hydrogen (secondary N) is 1. The zero-order chi connectivity index (χ0) is 19.6. The lowest BCUT2D eigenvalue weighted by Gasteiger charge is -2.27. The number of halogens is 1. The van der Waals surface area contributed by atoms with Gasteiger partial charge in [0.2, 0.25) is 0 Å². The smallest absolute Gasteiger partial charge is 0.261 e. The minimum Gasteiger partial charge on any atom is -0.339 e. The largest absolute Gasteiger partial charge is 0.339 e. The minimum absolute atomic E-state index is 0.0603. The number of carbonyl (C=O) groups is 1. The lowest BCUT2D eigenvalue weighted by molar-refractivity contribution is 0.0723. The summed E-state index contributed by atoms with van der Waals surface area (Å²) in [6.45, 7) is 5.10. The standard InChI is InChI=1S/C20H23ClN2O3S/c1-14-7-9-17(13-18(14)20(24)23-10-4-3-5-11-23)27(25,26)22-16-8-6-15(2)19(21)12-16/h6-9,12-13,22H,3-5,10-11H2,1-2H3. The van der Waals surface area contributed by atoms with Gasteiger partial charge in [-0.3, -0.25) is 9.52 Å². The van der Waals surface area contributed by atoms with Crippen LogP contribution in [0.5, 0.6) is 0 Å². The van der Waals surface area contributed by atoms with Crippen LogP contribution < -0.4 is 4.72 Å². The van der Waals surface area contributed by atoms with E-state index in [-0.39, 0.29) is 10.8 Å². The molecule has 1 aliphatic heterocycles. The normalized spacial score (nSPS) is 14.9. The average Bonchev–Trinajstić information content (AvgIpc) is 2.65. The Labute approximate surface area is 165 Å². The highest BCUT2D eigenvalue weighted by Crippen LogP contribution is 2.24. The zero-order valence-corrected chi connectivity index (χ0v) is 17.0. The van der Waals surface area contributed by atoms with Crippen molar-refractivity contribution in [3.05, 3.63) is 58.1 Å². The van der Waals surface area contributed by atoms with Crippen molar-refractivity contribution in [2.24, 2.45) is 0 Å². The number of piperidine rings is 1. The lowest BCUT2D eigenvalue weighted by Crippen LogP contribution is -2.36. The minimum atomic E-state index is -3.83. The number of carbonyl (C=O) groups excluding carboxylic acids is 1. The number of hydrogen-bond acceptors (Lipinski definition) is 3. The molecule has 5 nitrogen and oxygen atoms in total. The van der Waals surface area contributed by atoms with Crippen LogP contribution in [-0.4, -0.2) is 32.3 Å². The van der Waals surface area contributed by atoms with E-state index in [1.807, 2.05) is 13.8 Å². The maximum absolute atomic E-state index is 12.8. The van der Waals surface area contributed by atoms with Gasteiger partial charge in [0.25, 0.3) is 15.9 Å². The molecule has 0 atom stereocenters. The summed E-state index contributed by atoms with van der Waals surface area (Å²) in [5, 5.41) is 0.486. The molecule has 1 amide bonds. The zero-order valence-electron chi connectivity index (χ0n) is 15.5. The number of hydrogen-bond donors (Lipinski definition) is 1. The summed E-state index contributed by atoms with van der Waals surface area (Å²) < 4.78 is 28.1. The molecule has 3 rings (SSSR count). The highest BCUT2D eigenvalue weighted by atomic mass is 35.5. The molecule has 144 valence electrons. The molecule has 27 heavy (non-hydrogen) atoms. The van der Waals surface area contributed by atoms with E-state index in [0.29, 0.717) is 16.3 Å². The molecule has 1 fully saturated rings. The highest BCUT2D eigenvalue weighted by molar-refractivity contribution is 7.92. The van der Waals surface area contributed by atoms with Crippen molar-refractivity contribution < 1.29 is 13.2 Å². The van der Waals surface area contributed by atoms with Crippen molar-refractivity contribution >= 4 is 33.2 Å². The molecular weight excluding hydrogens is 384 g/mol. The fourth-order valence-corrected chi connectivity index (χ4v) is 4.39. The van der Waals surface area contributed by atoms with Crippen LogP contribution >= 0.6 is 11.6 Å². The average molecular weight is 407 g/mol. The molecule has 0 bridgehead atoms. The van der Waals surface area contributed by atoms with Crippen molar-refractivity contribution in [2.45, 2.75) is 38.0 Å². The first kappa shape index (κ1) is 19.7. The molecule has 0 spiro atoms. The van der Waals surface area contributed by atoms with Crippen molar-refractivity contribution in [2.75, 3.05) is 17.8 Å². The third-order valence-corrected chi connectivity index (χ3v) is 6.60. The summed E-state index contributed by atoms with van der Waals surface area (Å²) in [6.07, 6.45) is 3.09. The maximum atomic E-state index is 12.8. The van der Waals surface area contributed by atoms with E-state index in [0.717, 1.165) is 43.5 Å². The van der Waals surface area contributed by atoms with Crippen LogP contribution in [0.2, 0.25) is 5.02 Å². The Morgan fingerprint density at radius 2 is 1.67 bits per heavy atom. The Balaban J connectivity index is 1.89. The summed E-state index contributed by atoms with van der Waals surface area (Å²) in [4.78, 5) is 14.7. The quantitative estimate of drug-likeness (QED) is 0.819. The molecule has 1 N–H and O–H groups in total. The SMILES string of the molecule is Cc1ccc(NS(=O)(=O)c2ccc(C)c(C(=O)N3CCCCC3)c2)cc1Cl. The number of sulfonamides is 1. The second-order valence-electron chi connectivity index (χ2n) is 6.90. The van der Waals surface area contributed by atoms with E-state index in [1.165, 1.54) is 12.1 Å². The van der Waals surface area contributed by atoms with Crippen LogP contribution in [0.4, 0.5) is 5.69 Å². The molecule has 0 aliphatic carbocycles. The Hall–Kier alpha value is -2.05. The van der Waals surface area contributed by atoms with E-state index in [1.54, 1.807) is 29.2 Å². The van der Waals surface area contributed by atoms with E-state index >= 15 is 0 Å². The van der Waals surface area contributed by atoms with Crippen LogP contribution in [0.1, 0.15) is 40.7 Å². The number of benzene rings is 2. The Morgan fingerprint density at radius 1 is 1.00 bits per heavy atom. The van der Waals surface area contributed by atoms with Crippen LogP contribution in [0.15, 0.2) is 41.3 Å². The van der Waals surface area contributed by atoms with E-state index in [9.17, 15) is 13.2 Å². The van der Waals surface area contributed by atoms with Crippen LogP contribution in [0.25, 0.3) is 0 Å². The van der Waals surface area contributed by atoms with Gasteiger partial charge in [-0.15, -0.1) is 0 Å². The summed E-state index contributed by atoms with van der Waals surface area (Å²) in [6, 6.07) is 9.63. The molecule has 1 aliphatic rings. The first-order valence-corrected chi connectivity index (χ1v) is 10.8. The molecule has 7 heteroatoms. The fraction of sp³-hybridized carbons (Fsp3) is 0.350. The van der Waals surface area contributed by atoms with Crippen LogP contribution in [-0.2, 0) is 10.0 Å². The van der Waals surface area contributed by atoms with Crippen molar-refractivity contribution in [3.63, 3.8) is 0 Å². The van der Waals surface area contributed by atoms with Crippen LogP contribution in [0.3, 0.4) is 0 Å². The van der Waals surface area contributed by atoms with Crippen molar-refractivity contribution in [3.8, 4) is 0 Å². The number of anilines is 1. The third kappa shape index (κ3) is 4.45. The van der Waals surface area contributed by atoms with Gasteiger partial charge in [0, 0.05) is 23.7 Å². The van der Waals surface area contributed by atoms with Gasteiger partial charge in [0.1, 0.15) is 0 Å². The monoisotopic (exact) mass is 406 g/mol. The molecule has 2 aromatic rings. The number of amides is 1. The van der Waals surface area contributed by atoms with Gasteiger partial charge in [-0.1, -0.05) is 23.7 Å². The Morgan fingerprint density at radius 3 is 2.33 bits per heavy atom. The van der Waals surface area contributed by atoms with Gasteiger partial charge < -0.3 is 4.90 Å². The molecule has 1 heterocycles.